The molecule has 0 aliphatic heterocycles. The molecule has 2 heteroatoms. The molecule has 0 fully saturated rings. The van der Waals surface area contributed by atoms with Crippen LogP contribution in [0.1, 0.15) is 127 Å². The zero-order chi connectivity index (χ0) is 37.2. The van der Waals surface area contributed by atoms with Gasteiger partial charge in [-0.2, -0.15) is 0 Å². The molecule has 262 valence electrons. The van der Waals surface area contributed by atoms with Crippen molar-refractivity contribution < 1.29 is 9.59 Å². The van der Waals surface area contributed by atoms with E-state index in [4.69, 9.17) is 0 Å². The third-order valence-corrected chi connectivity index (χ3v) is 12.2. The summed E-state index contributed by atoms with van der Waals surface area (Å²) in [4.78, 5) is 27.8. The van der Waals surface area contributed by atoms with E-state index in [9.17, 15) is 9.59 Å². The zero-order valence-corrected chi connectivity index (χ0v) is 31.1. The summed E-state index contributed by atoms with van der Waals surface area (Å²) in [5, 5.41) is 0. The molecule has 0 saturated heterocycles. The van der Waals surface area contributed by atoms with E-state index < -0.39 is 0 Å². The van der Waals surface area contributed by atoms with Crippen molar-refractivity contribution >= 4 is 11.6 Å². The van der Waals surface area contributed by atoms with Crippen LogP contribution in [0.4, 0.5) is 0 Å². The molecular formula is C52H42O2. The lowest BCUT2D eigenvalue weighted by Crippen LogP contribution is -2.29. The van der Waals surface area contributed by atoms with Crippen LogP contribution in [0.2, 0.25) is 0 Å². The second kappa shape index (κ2) is 12.8. The molecule has 0 N–H and O–H groups in total. The summed E-state index contributed by atoms with van der Waals surface area (Å²) in [5.74, 6) is -0.0444. The standard InChI is InChI=1S/C52H42O2/c1-51(2)43-20-9-5-16-39(43)47(40-17-6-10-21-44(40)51)33-24-28-35(29-25-33)49(53)37-14-13-15-38(32-37)50(54)36-30-26-34(27-31-36)48-41-18-7-11-22-45(41)52(3,4)46-23-12-8-19-42(46)48/h5-32,47-48H,1-4H3. The van der Waals surface area contributed by atoms with Crippen LogP contribution in [0.5, 0.6) is 0 Å². The SMILES string of the molecule is CC1(C)c2ccccc2C(c2ccc(C(=O)c3cccc(C(=O)c4ccc(C5c6ccccc6C(C)(C)c6ccccc65)cc4)c3)cc2)c2ccccc21. The third kappa shape index (κ3) is 5.31. The molecule has 2 nitrogen and oxygen atoms in total. The fourth-order valence-corrected chi connectivity index (χ4v) is 9.40. The Bertz CT molecular complexity index is 2310. The highest BCUT2D eigenvalue weighted by molar-refractivity contribution is 6.13. The van der Waals surface area contributed by atoms with E-state index in [1.807, 2.05) is 24.3 Å². The highest BCUT2D eigenvalue weighted by Gasteiger charge is 2.39. The quantitative estimate of drug-likeness (QED) is 0.162. The maximum absolute atomic E-state index is 13.9. The molecule has 2 aliphatic carbocycles. The fourth-order valence-electron chi connectivity index (χ4n) is 9.40. The van der Waals surface area contributed by atoms with Gasteiger partial charge in [0.2, 0.25) is 0 Å². The molecule has 54 heavy (non-hydrogen) atoms. The smallest absolute Gasteiger partial charge is 0.193 e. The maximum atomic E-state index is 13.9. The van der Waals surface area contributed by atoms with Gasteiger partial charge in [0.15, 0.2) is 11.6 Å². The Morgan fingerprint density at radius 2 is 0.648 bits per heavy atom. The summed E-state index contributed by atoms with van der Waals surface area (Å²) < 4.78 is 0. The zero-order valence-electron chi connectivity index (χ0n) is 31.1. The van der Waals surface area contributed by atoms with E-state index in [1.165, 1.54) is 44.5 Å². The normalized spacial score (nSPS) is 15.3. The van der Waals surface area contributed by atoms with Gasteiger partial charge in [-0.05, 0) is 61.7 Å². The molecule has 0 bridgehead atoms. The fraction of sp³-hybridized carbons (Fsp3) is 0.154. The van der Waals surface area contributed by atoms with Gasteiger partial charge >= 0.3 is 0 Å². The summed E-state index contributed by atoms with van der Waals surface area (Å²) in [6, 6.07) is 58.1. The van der Waals surface area contributed by atoms with Crippen LogP contribution in [-0.2, 0) is 10.8 Å². The van der Waals surface area contributed by atoms with Crippen molar-refractivity contribution in [2.24, 2.45) is 0 Å². The minimum absolute atomic E-state index is 0.0800. The lowest BCUT2D eigenvalue weighted by Gasteiger charge is -2.39. The number of ketones is 2. The highest BCUT2D eigenvalue weighted by Crippen LogP contribution is 2.50. The molecule has 0 amide bonds. The second-order valence-corrected chi connectivity index (χ2v) is 15.9. The Hall–Kier alpha value is -6.12. The molecule has 0 heterocycles. The van der Waals surface area contributed by atoms with Gasteiger partial charge in [0, 0.05) is 44.9 Å². The van der Waals surface area contributed by atoms with E-state index in [-0.39, 0.29) is 34.2 Å². The van der Waals surface area contributed by atoms with E-state index in [0.717, 1.165) is 11.1 Å². The summed E-state index contributed by atoms with van der Waals surface area (Å²) >= 11 is 0. The summed E-state index contributed by atoms with van der Waals surface area (Å²) in [6.45, 7) is 9.19. The maximum Gasteiger partial charge on any atom is 0.193 e. The van der Waals surface area contributed by atoms with Gasteiger partial charge in [-0.3, -0.25) is 9.59 Å². The molecule has 0 unspecified atom stereocenters. The topological polar surface area (TPSA) is 34.1 Å². The molecule has 7 aromatic carbocycles. The average Bonchev–Trinajstić information content (AvgIpc) is 3.21. The van der Waals surface area contributed by atoms with E-state index >= 15 is 0 Å². The summed E-state index contributed by atoms with van der Waals surface area (Å²) in [7, 11) is 0. The van der Waals surface area contributed by atoms with Crippen LogP contribution in [0.25, 0.3) is 0 Å². The van der Waals surface area contributed by atoms with Crippen molar-refractivity contribution in [2.45, 2.75) is 50.4 Å². The first-order valence-corrected chi connectivity index (χ1v) is 18.9. The Morgan fingerprint density at radius 3 is 0.963 bits per heavy atom. The number of fused-ring (bicyclic) bond motifs is 4. The van der Waals surface area contributed by atoms with Crippen molar-refractivity contribution in [1.29, 1.82) is 0 Å². The van der Waals surface area contributed by atoms with Crippen molar-refractivity contribution in [3.63, 3.8) is 0 Å². The van der Waals surface area contributed by atoms with Gasteiger partial charge in [-0.15, -0.1) is 0 Å². The number of benzene rings is 7. The van der Waals surface area contributed by atoms with Crippen LogP contribution < -0.4 is 0 Å². The van der Waals surface area contributed by atoms with E-state index in [1.54, 1.807) is 24.3 Å². The van der Waals surface area contributed by atoms with Crippen molar-refractivity contribution in [3.05, 3.63) is 248 Å². The first kappa shape index (κ1) is 33.7. The minimum Gasteiger partial charge on any atom is -0.289 e. The first-order valence-electron chi connectivity index (χ1n) is 18.9. The third-order valence-electron chi connectivity index (χ3n) is 12.2. The van der Waals surface area contributed by atoms with Gasteiger partial charge in [0.05, 0.1) is 0 Å². The van der Waals surface area contributed by atoms with Crippen molar-refractivity contribution in [1.82, 2.24) is 0 Å². The molecule has 7 aromatic rings. The van der Waals surface area contributed by atoms with E-state index in [2.05, 4.69) is 149 Å². The molecule has 0 spiro atoms. The van der Waals surface area contributed by atoms with Crippen LogP contribution in [0.3, 0.4) is 0 Å². The lowest BCUT2D eigenvalue weighted by atomic mass is 9.64. The molecule has 0 radical (unpaired) electrons. The minimum atomic E-state index is -0.102. The summed E-state index contributed by atoms with van der Waals surface area (Å²) in [6.07, 6.45) is 0. The van der Waals surface area contributed by atoms with E-state index in [0.29, 0.717) is 22.3 Å². The first-order chi connectivity index (χ1) is 26.1. The number of hydrogen-bond donors (Lipinski definition) is 0. The predicted octanol–water partition coefficient (Wildman–Crippen LogP) is 11.8. The van der Waals surface area contributed by atoms with Gasteiger partial charge in [-0.1, -0.05) is 191 Å². The predicted molar refractivity (Wildman–Crippen MR) is 218 cm³/mol. The number of rotatable bonds is 6. The highest BCUT2D eigenvalue weighted by atomic mass is 16.1. The van der Waals surface area contributed by atoms with Crippen molar-refractivity contribution in [2.75, 3.05) is 0 Å². The van der Waals surface area contributed by atoms with Crippen molar-refractivity contribution in [3.8, 4) is 0 Å². The van der Waals surface area contributed by atoms with Crippen LogP contribution in [-0.4, -0.2) is 11.6 Å². The molecule has 0 aromatic heterocycles. The molecule has 0 atom stereocenters. The Morgan fingerprint density at radius 1 is 0.352 bits per heavy atom. The molecular weight excluding hydrogens is 657 g/mol. The number of carbonyl (C=O) groups excluding carboxylic acids is 2. The Balaban J connectivity index is 0.980. The number of carbonyl (C=O) groups is 2. The Labute approximate surface area is 318 Å². The second-order valence-electron chi connectivity index (χ2n) is 15.9. The van der Waals surface area contributed by atoms with Gasteiger partial charge in [0.25, 0.3) is 0 Å². The lowest BCUT2D eigenvalue weighted by molar-refractivity contribution is 0.103. The van der Waals surface area contributed by atoms with Gasteiger partial charge < -0.3 is 0 Å². The van der Waals surface area contributed by atoms with Crippen LogP contribution in [0.15, 0.2) is 170 Å². The monoisotopic (exact) mass is 698 g/mol. The van der Waals surface area contributed by atoms with Crippen LogP contribution >= 0.6 is 0 Å². The largest absolute Gasteiger partial charge is 0.289 e. The number of hydrogen-bond acceptors (Lipinski definition) is 2. The van der Waals surface area contributed by atoms with Crippen LogP contribution in [0, 0.1) is 0 Å². The van der Waals surface area contributed by atoms with Gasteiger partial charge in [0.1, 0.15) is 0 Å². The molecule has 9 rings (SSSR count). The Kier molecular flexibility index (Phi) is 7.97. The van der Waals surface area contributed by atoms with Gasteiger partial charge in [-0.25, -0.2) is 0 Å². The molecule has 2 aliphatic rings. The molecule has 0 saturated carbocycles. The average molecular weight is 699 g/mol. The summed E-state index contributed by atoms with van der Waals surface area (Å²) in [5.41, 5.74) is 14.8.